The van der Waals surface area contributed by atoms with Gasteiger partial charge in [0.05, 0.1) is 5.41 Å². The van der Waals surface area contributed by atoms with E-state index >= 15 is 0 Å². The average molecular weight is 810 g/mol. The molecule has 1 saturated heterocycles. The van der Waals surface area contributed by atoms with Crippen LogP contribution < -0.4 is 5.32 Å². The van der Waals surface area contributed by atoms with Gasteiger partial charge < -0.3 is 10.1 Å². The van der Waals surface area contributed by atoms with Gasteiger partial charge in [0.25, 0.3) is 0 Å². The Morgan fingerprint density at radius 1 is 1.10 bits per heavy atom. The van der Waals surface area contributed by atoms with Crippen LogP contribution in [0.5, 0.6) is 0 Å². The van der Waals surface area contributed by atoms with Gasteiger partial charge in [-0.3, -0.25) is 4.79 Å². The maximum atomic E-state index is 13.8. The molecule has 2 aliphatic heterocycles. The molecule has 0 amide bonds. The van der Waals surface area contributed by atoms with E-state index in [1.54, 1.807) is 17.7 Å². The molecule has 5 atom stereocenters. The fourth-order valence-corrected chi connectivity index (χ4v) is 8.63. The summed E-state index contributed by atoms with van der Waals surface area (Å²) in [5.74, 6) is -0.0117. The van der Waals surface area contributed by atoms with Gasteiger partial charge in [0.2, 0.25) is 0 Å². The molecule has 0 spiro atoms. The number of fused-ring (bicyclic) bond motifs is 2. The van der Waals surface area contributed by atoms with Crippen molar-refractivity contribution in [2.45, 2.75) is 91.6 Å². The van der Waals surface area contributed by atoms with Crippen LogP contribution in [0.4, 0.5) is 4.39 Å². The molecule has 1 N–H and O–H groups in total. The Bertz CT molecular complexity index is 1240. The Balaban J connectivity index is -0.00000227. The van der Waals surface area contributed by atoms with Crippen LogP contribution in [0.2, 0.25) is 0 Å². The molecule has 3 nitrogen and oxygen atoms in total. The number of dihydropyridines is 1. The minimum Gasteiger partial charge on any atom is -0.461 e. The Labute approximate surface area is 293 Å². The molecule has 1 saturated carbocycles. The molecular weight excluding hydrogens is 751 g/mol. The molecule has 1 unspecified atom stereocenters. The van der Waals surface area contributed by atoms with Gasteiger partial charge in [0.1, 0.15) is 11.9 Å². The molecule has 240 valence electrons. The number of hydrogen-bond donors (Lipinski definition) is 1. The molecule has 6 heteroatoms. The van der Waals surface area contributed by atoms with E-state index in [2.05, 4.69) is 76.5 Å². The van der Waals surface area contributed by atoms with Gasteiger partial charge in [-0.15, -0.1) is 61.1 Å². The number of rotatable bonds is 7. The summed E-state index contributed by atoms with van der Waals surface area (Å²) >= 11 is 0. The summed E-state index contributed by atoms with van der Waals surface area (Å²) in [4.78, 5) is 13.8. The molecule has 42 heavy (non-hydrogen) atoms. The fourth-order valence-electron chi connectivity index (χ4n) is 8.63. The number of allylic oxidation sites excluding steroid dienone is 6. The van der Waals surface area contributed by atoms with Crippen LogP contribution in [0.25, 0.3) is 5.57 Å². The van der Waals surface area contributed by atoms with Crippen molar-refractivity contribution in [2.75, 3.05) is 6.54 Å². The van der Waals surface area contributed by atoms with Gasteiger partial charge in [-0.05, 0) is 92.2 Å². The van der Waals surface area contributed by atoms with Gasteiger partial charge in [-0.25, -0.2) is 4.39 Å². The smallest absolute Gasteiger partial charge is 0.313 e. The Morgan fingerprint density at radius 2 is 1.86 bits per heavy atom. The van der Waals surface area contributed by atoms with E-state index in [1.807, 2.05) is 6.07 Å². The summed E-state index contributed by atoms with van der Waals surface area (Å²) in [6.07, 6.45) is 20.6. The molecule has 5 rings (SSSR count). The molecule has 0 aromatic heterocycles. The van der Waals surface area contributed by atoms with Gasteiger partial charge in [0.15, 0.2) is 0 Å². The lowest BCUT2D eigenvalue weighted by Gasteiger charge is -2.59. The minimum absolute atomic E-state index is 0. The molecule has 1 aromatic rings. The van der Waals surface area contributed by atoms with E-state index in [0.717, 1.165) is 61.8 Å². The summed E-state index contributed by atoms with van der Waals surface area (Å²) in [6.45, 7) is 15.6. The summed E-state index contributed by atoms with van der Waals surface area (Å²) < 4.78 is 20.1. The first kappa shape index (κ1) is 36.8. The van der Waals surface area contributed by atoms with Crippen molar-refractivity contribution in [1.29, 1.82) is 0 Å². The highest BCUT2D eigenvalue weighted by Crippen LogP contribution is 2.72. The highest BCUT2D eigenvalue weighted by Gasteiger charge is 2.72. The summed E-state index contributed by atoms with van der Waals surface area (Å²) in [7, 11) is 0. The number of esters is 1. The van der Waals surface area contributed by atoms with Gasteiger partial charge in [-0.1, -0.05) is 70.0 Å². The van der Waals surface area contributed by atoms with E-state index in [0.29, 0.717) is 6.54 Å². The van der Waals surface area contributed by atoms with Crippen LogP contribution in [0, 0.1) is 28.0 Å². The minimum atomic E-state index is -0.450. The van der Waals surface area contributed by atoms with Gasteiger partial charge >= 0.3 is 5.97 Å². The molecule has 2 aliphatic carbocycles. The number of cyclic esters (lactones) is 1. The van der Waals surface area contributed by atoms with Crippen LogP contribution in [-0.4, -0.2) is 18.6 Å². The largest absolute Gasteiger partial charge is 0.461 e. The monoisotopic (exact) mass is 809 g/mol. The molecule has 4 aliphatic rings. The summed E-state index contributed by atoms with van der Waals surface area (Å²) in [5.41, 5.74) is 3.96. The van der Waals surface area contributed by atoms with Crippen LogP contribution in [0.1, 0.15) is 96.8 Å². The van der Waals surface area contributed by atoms with Crippen LogP contribution in [0.15, 0.2) is 79.1 Å². The van der Waals surface area contributed by atoms with Crippen molar-refractivity contribution in [2.24, 2.45) is 22.2 Å². The van der Waals surface area contributed by atoms with Crippen LogP contribution in [0.3, 0.4) is 0 Å². The lowest BCUT2D eigenvalue weighted by molar-refractivity contribution is -0.152. The first-order chi connectivity index (χ1) is 19.4. The first-order valence-corrected chi connectivity index (χ1v) is 15.4. The predicted octanol–water partition coefficient (Wildman–Crippen LogP) is 11.3. The number of hydrogen-bond acceptors (Lipinski definition) is 3. The number of nitrogens with one attached hydrogen (secondary N) is 1. The third-order valence-electron chi connectivity index (χ3n) is 10.6. The number of halogens is 3. The summed E-state index contributed by atoms with van der Waals surface area (Å²) in [6, 6.07) is 6.78. The van der Waals surface area contributed by atoms with E-state index in [9.17, 15) is 9.18 Å². The SMILES string of the molecule is C=C.CC[C@H]1OC(=O)[C@]2(CC)C[C@]3(CC)CCCCC=C3C(/C=C/C3=CC=C(c4cccc(F)c4)CN3)[C@]12CC.I.I.[HH].[HH].[HH].[HH]. The van der Waals surface area contributed by atoms with Crippen molar-refractivity contribution in [3.8, 4) is 0 Å². The standard InChI is InChI=1S/C34H44FNO2.C2H4.2HI.4H2/c1-5-30-34(8-4)29(19-18-27-17-16-25(22-36-27)24-13-12-14-26(35)21-24)28-15-10-9-11-20-32(28,6-2)23-33(34,7-3)31(37)38-30;1-2;;;;;;/h12-19,21,29-30,36H,5-11,20,22-23H2,1-4H3;1-2H2;6*1H/b19-18+;;;;;;;/t29?,30-,32+,33+,34-;;;;;;;/m1......./s1. The third-order valence-corrected chi connectivity index (χ3v) is 10.6. The van der Waals surface area contributed by atoms with Gasteiger partial charge in [-0.2, -0.15) is 0 Å². The van der Waals surface area contributed by atoms with E-state index < -0.39 is 5.41 Å². The maximum Gasteiger partial charge on any atom is 0.313 e. The van der Waals surface area contributed by atoms with Gasteiger partial charge in [0, 0.05) is 29.3 Å². The average Bonchev–Trinajstić information content (AvgIpc) is 3.09. The van der Waals surface area contributed by atoms with Crippen molar-refractivity contribution in [3.05, 3.63) is 90.5 Å². The van der Waals surface area contributed by atoms with Crippen molar-refractivity contribution in [3.63, 3.8) is 0 Å². The van der Waals surface area contributed by atoms with Crippen molar-refractivity contribution < 1.29 is 19.6 Å². The topological polar surface area (TPSA) is 38.3 Å². The number of carbonyl (C=O) groups is 1. The zero-order chi connectivity index (χ0) is 29.0. The highest BCUT2D eigenvalue weighted by molar-refractivity contribution is 14.0. The number of benzene rings is 1. The van der Waals surface area contributed by atoms with Crippen LogP contribution >= 0.6 is 48.0 Å². The molecule has 0 radical (unpaired) electrons. The lowest BCUT2D eigenvalue weighted by atomic mass is 9.41. The molecule has 2 fully saturated rings. The zero-order valence-corrected chi connectivity index (χ0v) is 30.5. The Kier molecular flexibility index (Phi) is 13.6. The second-order valence-electron chi connectivity index (χ2n) is 11.9. The molecule has 0 bridgehead atoms. The second-order valence-corrected chi connectivity index (χ2v) is 11.9. The normalized spacial score (nSPS) is 31.6. The predicted molar refractivity (Wildman–Crippen MR) is 203 cm³/mol. The zero-order valence-electron chi connectivity index (χ0n) is 25.8. The Hall–Kier alpha value is -1.42. The highest BCUT2D eigenvalue weighted by atomic mass is 127. The third kappa shape index (κ3) is 6.09. The quantitative estimate of drug-likeness (QED) is 0.169. The Morgan fingerprint density at radius 3 is 2.45 bits per heavy atom. The maximum absolute atomic E-state index is 13.8. The number of carbonyl (C=O) groups excluding carboxylic acids is 1. The lowest BCUT2D eigenvalue weighted by Crippen LogP contribution is -2.58. The van der Waals surface area contributed by atoms with E-state index in [4.69, 9.17) is 4.74 Å². The molecular formula is C36H58FI2NO2. The fraction of sp³-hybridized carbons (Fsp3) is 0.528. The van der Waals surface area contributed by atoms with Crippen LogP contribution in [-0.2, 0) is 9.53 Å². The first-order valence-electron chi connectivity index (χ1n) is 15.4. The number of ether oxygens (including phenoxy) is 1. The van der Waals surface area contributed by atoms with Crippen molar-refractivity contribution >= 4 is 59.5 Å². The summed E-state index contributed by atoms with van der Waals surface area (Å²) in [5, 5.41) is 3.55. The molecule has 2 heterocycles. The van der Waals surface area contributed by atoms with Crippen molar-refractivity contribution in [1.82, 2.24) is 5.32 Å². The second kappa shape index (κ2) is 15.5. The molecule has 1 aromatic carbocycles. The van der Waals surface area contributed by atoms with E-state index in [1.165, 1.54) is 18.9 Å². The van der Waals surface area contributed by atoms with E-state index in [-0.39, 0.29) is 88.3 Å².